The number of Topliss-reactive ketones (excluding diaryl/α,β-unsaturated/α-hetero) is 1. The van der Waals surface area contributed by atoms with Crippen molar-refractivity contribution >= 4 is 17.7 Å². The van der Waals surface area contributed by atoms with Crippen LogP contribution in [0.4, 0.5) is 0 Å². The molecule has 11 nitrogen and oxygen atoms in total. The van der Waals surface area contributed by atoms with Gasteiger partial charge in [-0.25, -0.2) is 9.97 Å². The maximum Gasteiger partial charge on any atom is 0.309 e. The van der Waals surface area contributed by atoms with Gasteiger partial charge in [0.05, 0.1) is 30.7 Å². The van der Waals surface area contributed by atoms with E-state index in [1.165, 1.54) is 0 Å². The number of oxazole rings is 1. The molecule has 3 aliphatic rings. The van der Waals surface area contributed by atoms with Crippen LogP contribution in [-0.4, -0.2) is 84.7 Å². The van der Waals surface area contributed by atoms with Crippen LogP contribution in [0, 0.1) is 19.3 Å². The van der Waals surface area contributed by atoms with Gasteiger partial charge in [0.25, 0.3) is 0 Å². The fraction of sp³-hybridized carbons (Fsp3) is 0.488. The molecule has 1 amide bonds. The third kappa shape index (κ3) is 6.60. The third-order valence-electron chi connectivity index (χ3n) is 12.0. The van der Waals surface area contributed by atoms with Crippen molar-refractivity contribution in [2.75, 3.05) is 26.7 Å². The van der Waals surface area contributed by atoms with E-state index in [0.717, 1.165) is 88.6 Å². The normalized spacial score (nSPS) is 20.3. The number of likely N-dealkylation sites (N-methyl/N-ethyl adjacent to an activating group) is 1. The molecular weight excluding hydrogens is 656 g/mol. The Morgan fingerprint density at radius 3 is 2.35 bits per heavy atom. The number of carbonyl (C=O) groups excluding carboxylic acids is 2. The molecule has 2 aromatic carbocycles. The summed E-state index contributed by atoms with van der Waals surface area (Å²) in [6, 6.07) is 12.6. The zero-order chi connectivity index (χ0) is 36.9. The van der Waals surface area contributed by atoms with Crippen molar-refractivity contribution in [2.24, 2.45) is 12.5 Å². The van der Waals surface area contributed by atoms with Crippen LogP contribution in [0.1, 0.15) is 89.7 Å². The molecular formula is C41H50N6O5. The number of nitrogens with zero attached hydrogens (tertiary/aromatic N) is 6. The Bertz CT molecular complexity index is 2010. The van der Waals surface area contributed by atoms with Crippen LogP contribution in [0.25, 0.3) is 22.6 Å². The molecule has 4 heterocycles. The molecule has 0 bridgehead atoms. The fourth-order valence-electron chi connectivity index (χ4n) is 8.28. The minimum absolute atomic E-state index is 0.00719. The van der Waals surface area contributed by atoms with Crippen molar-refractivity contribution in [3.8, 4) is 22.6 Å². The smallest absolute Gasteiger partial charge is 0.309 e. The Hall–Kier alpha value is -4.61. The molecule has 11 heteroatoms. The Labute approximate surface area is 305 Å². The number of aliphatic carboxylic acids is 1. The summed E-state index contributed by atoms with van der Waals surface area (Å²) < 4.78 is 8.24. The molecule has 1 N–H and O–H groups in total. The van der Waals surface area contributed by atoms with Gasteiger partial charge in [0.1, 0.15) is 11.5 Å². The molecule has 0 saturated heterocycles. The first-order chi connectivity index (χ1) is 24.9. The van der Waals surface area contributed by atoms with Crippen LogP contribution in [0.2, 0.25) is 0 Å². The van der Waals surface area contributed by atoms with E-state index in [4.69, 9.17) is 14.4 Å². The lowest BCUT2D eigenvalue weighted by molar-refractivity contribution is -0.150. The van der Waals surface area contributed by atoms with Gasteiger partial charge in [0, 0.05) is 50.3 Å². The SMILES string of the molecule is CCN(C)CC(=O)N1Cc2nc(-c3cccc(-c4cccc(CC(=O)c5nc6c(n5C)CCN(C5CCC(C)(C(=O)O)CC5)C6)c4C)c3C)oc2C1. The standard InChI is InChI=1S/C41H50N6O5/c1-7-44(5)24-37(49)47-22-33-36(23-47)52-39(43-33)31-13-9-12-30(26(31)3)29-11-8-10-27(25(29)2)20-35(48)38-42-32-21-46(19-16-34(32)45(38)6)28-14-17-41(4,18-15-28)40(50)51/h8-13,28H,7,14-24H2,1-6H3,(H,50,51). The monoisotopic (exact) mass is 706 g/mol. The van der Waals surface area contributed by atoms with E-state index in [1.807, 2.05) is 61.7 Å². The number of hydrogen-bond acceptors (Lipinski definition) is 8. The van der Waals surface area contributed by atoms with Gasteiger partial charge in [-0.15, -0.1) is 0 Å². The van der Waals surface area contributed by atoms with Gasteiger partial charge in [-0.3, -0.25) is 24.2 Å². The summed E-state index contributed by atoms with van der Waals surface area (Å²) in [4.78, 5) is 54.3. The van der Waals surface area contributed by atoms with E-state index in [1.54, 1.807) is 4.90 Å². The molecule has 4 aromatic rings. The minimum Gasteiger partial charge on any atom is -0.481 e. The summed E-state index contributed by atoms with van der Waals surface area (Å²) in [5, 5.41) is 9.66. The average molecular weight is 707 g/mol. The van der Waals surface area contributed by atoms with E-state index < -0.39 is 11.4 Å². The number of aromatic nitrogens is 3. The Morgan fingerprint density at radius 2 is 1.65 bits per heavy atom. The van der Waals surface area contributed by atoms with Gasteiger partial charge in [0.2, 0.25) is 17.6 Å². The molecule has 1 fully saturated rings. The van der Waals surface area contributed by atoms with Crippen LogP contribution in [0.5, 0.6) is 0 Å². The van der Waals surface area contributed by atoms with Crippen LogP contribution >= 0.6 is 0 Å². The number of amides is 1. The number of benzene rings is 2. The second-order valence-electron chi connectivity index (χ2n) is 15.3. The molecule has 52 heavy (non-hydrogen) atoms. The predicted molar refractivity (Wildman–Crippen MR) is 198 cm³/mol. The summed E-state index contributed by atoms with van der Waals surface area (Å²) in [6.45, 7) is 11.7. The zero-order valence-electron chi connectivity index (χ0n) is 31.3. The van der Waals surface area contributed by atoms with E-state index in [0.29, 0.717) is 56.8 Å². The van der Waals surface area contributed by atoms with Gasteiger partial charge < -0.3 is 19.0 Å². The van der Waals surface area contributed by atoms with Crippen molar-refractivity contribution in [1.29, 1.82) is 0 Å². The number of fused-ring (bicyclic) bond motifs is 2. The first-order valence-electron chi connectivity index (χ1n) is 18.6. The summed E-state index contributed by atoms with van der Waals surface area (Å²) in [6.07, 6.45) is 4.18. The Morgan fingerprint density at radius 1 is 0.962 bits per heavy atom. The predicted octanol–water partition coefficient (Wildman–Crippen LogP) is 5.97. The molecule has 0 spiro atoms. The number of hydrogen-bond donors (Lipinski definition) is 1. The van der Waals surface area contributed by atoms with E-state index in [-0.39, 0.29) is 18.1 Å². The summed E-state index contributed by atoms with van der Waals surface area (Å²) in [5.74, 6) is 1.16. The minimum atomic E-state index is -0.697. The lowest BCUT2D eigenvalue weighted by atomic mass is 9.73. The summed E-state index contributed by atoms with van der Waals surface area (Å²) in [5.41, 5.74) is 8.33. The topological polar surface area (TPSA) is 125 Å². The number of imidazole rings is 1. The number of carboxylic acids is 1. The van der Waals surface area contributed by atoms with Crippen molar-refractivity contribution in [2.45, 2.75) is 91.9 Å². The summed E-state index contributed by atoms with van der Waals surface area (Å²) >= 11 is 0. The molecule has 7 rings (SSSR count). The average Bonchev–Trinajstić information content (AvgIpc) is 3.81. The van der Waals surface area contributed by atoms with Crippen molar-refractivity contribution < 1.29 is 23.9 Å². The van der Waals surface area contributed by atoms with Gasteiger partial charge in [0.15, 0.2) is 5.82 Å². The van der Waals surface area contributed by atoms with Gasteiger partial charge in [-0.1, -0.05) is 37.3 Å². The molecule has 0 atom stereocenters. The number of ketones is 1. The maximum atomic E-state index is 13.9. The highest BCUT2D eigenvalue weighted by molar-refractivity contribution is 5.95. The number of carboxylic acid groups (broad SMARTS) is 1. The maximum absolute atomic E-state index is 13.9. The van der Waals surface area contributed by atoms with Crippen molar-refractivity contribution in [1.82, 2.24) is 29.2 Å². The zero-order valence-corrected chi connectivity index (χ0v) is 31.3. The highest BCUT2D eigenvalue weighted by Crippen LogP contribution is 2.40. The number of rotatable bonds is 10. The van der Waals surface area contributed by atoms with Gasteiger partial charge in [-0.2, -0.15) is 0 Å². The Kier molecular flexibility index (Phi) is 9.69. The van der Waals surface area contributed by atoms with Crippen molar-refractivity contribution in [3.05, 3.63) is 81.8 Å². The Balaban J connectivity index is 1.05. The molecule has 274 valence electrons. The van der Waals surface area contributed by atoms with Gasteiger partial charge >= 0.3 is 5.97 Å². The van der Waals surface area contributed by atoms with Crippen LogP contribution in [0.3, 0.4) is 0 Å². The second-order valence-corrected chi connectivity index (χ2v) is 15.3. The molecule has 1 saturated carbocycles. The largest absolute Gasteiger partial charge is 0.481 e. The first kappa shape index (κ1) is 35.8. The lowest BCUT2D eigenvalue weighted by Gasteiger charge is -2.41. The second kappa shape index (κ2) is 14.1. The summed E-state index contributed by atoms with van der Waals surface area (Å²) in [7, 11) is 3.89. The van der Waals surface area contributed by atoms with Crippen LogP contribution < -0.4 is 0 Å². The van der Waals surface area contributed by atoms with Crippen molar-refractivity contribution in [3.63, 3.8) is 0 Å². The number of carbonyl (C=O) groups is 3. The molecule has 0 unspecified atom stereocenters. The lowest BCUT2D eigenvalue weighted by Crippen LogP contribution is -2.44. The van der Waals surface area contributed by atoms with Gasteiger partial charge in [-0.05, 0) is 93.9 Å². The van der Waals surface area contributed by atoms with E-state index in [2.05, 4.69) is 30.9 Å². The highest BCUT2D eigenvalue weighted by atomic mass is 16.4. The molecule has 2 aliphatic heterocycles. The van der Waals surface area contributed by atoms with Crippen LogP contribution in [-0.2, 0) is 49.1 Å². The quantitative estimate of drug-likeness (QED) is 0.199. The molecule has 2 aromatic heterocycles. The molecule has 1 aliphatic carbocycles. The fourth-order valence-corrected chi connectivity index (χ4v) is 8.28. The third-order valence-corrected chi connectivity index (χ3v) is 12.0. The van der Waals surface area contributed by atoms with E-state index >= 15 is 0 Å². The van der Waals surface area contributed by atoms with E-state index in [9.17, 15) is 19.5 Å². The van der Waals surface area contributed by atoms with Crippen LogP contribution in [0.15, 0.2) is 40.8 Å². The first-order valence-corrected chi connectivity index (χ1v) is 18.6. The highest BCUT2D eigenvalue weighted by Gasteiger charge is 2.40. The molecule has 0 radical (unpaired) electrons.